The molecule has 2 heterocycles. The molecule has 5 rings (SSSR count). The van der Waals surface area contributed by atoms with Crippen LogP contribution in [0.2, 0.25) is 0 Å². The Balaban J connectivity index is 1.73. The van der Waals surface area contributed by atoms with Crippen LogP contribution in [0, 0.1) is 6.92 Å². The van der Waals surface area contributed by atoms with Crippen molar-refractivity contribution in [3.63, 3.8) is 0 Å². The summed E-state index contributed by atoms with van der Waals surface area (Å²) in [5, 5.41) is 2.20. The van der Waals surface area contributed by atoms with Crippen LogP contribution in [0.3, 0.4) is 0 Å². The summed E-state index contributed by atoms with van der Waals surface area (Å²) in [6.07, 6.45) is 1.84. The molecule has 0 N–H and O–H groups in total. The van der Waals surface area contributed by atoms with E-state index < -0.39 is 10.0 Å². The fourth-order valence-corrected chi connectivity index (χ4v) is 4.99. The zero-order valence-corrected chi connectivity index (χ0v) is 18.0. The molecule has 0 saturated carbocycles. The summed E-state index contributed by atoms with van der Waals surface area (Å²) in [4.78, 5) is 5.04. The van der Waals surface area contributed by atoms with E-state index in [1.807, 2.05) is 72.1 Å². The number of hydrogen-bond acceptors (Lipinski definition) is 3. The molecule has 0 radical (unpaired) electrons. The summed E-state index contributed by atoms with van der Waals surface area (Å²) in [5.41, 5.74) is 3.18. The van der Waals surface area contributed by atoms with Crippen molar-refractivity contribution < 1.29 is 8.42 Å². The SMILES string of the molecule is Cc1ccc(S(=O)(=O)N(C)c2c(-c3ccc4ccccc4c3)nc3ccccn23)cc1. The van der Waals surface area contributed by atoms with E-state index in [0.717, 1.165) is 21.9 Å². The second kappa shape index (κ2) is 7.25. The van der Waals surface area contributed by atoms with E-state index in [2.05, 4.69) is 6.07 Å². The number of nitrogens with zero attached hydrogens (tertiary/aromatic N) is 3. The number of sulfonamides is 1. The fourth-order valence-electron chi connectivity index (χ4n) is 3.80. The van der Waals surface area contributed by atoms with Gasteiger partial charge in [0.15, 0.2) is 5.82 Å². The third kappa shape index (κ3) is 3.25. The molecular formula is C25H21N3O2S. The summed E-state index contributed by atoms with van der Waals surface area (Å²) in [5.74, 6) is 0.506. The highest BCUT2D eigenvalue weighted by Crippen LogP contribution is 2.35. The van der Waals surface area contributed by atoms with E-state index >= 15 is 0 Å². The Morgan fingerprint density at radius 2 is 1.55 bits per heavy atom. The van der Waals surface area contributed by atoms with E-state index in [0.29, 0.717) is 17.2 Å². The minimum absolute atomic E-state index is 0.246. The summed E-state index contributed by atoms with van der Waals surface area (Å²) < 4.78 is 30.1. The lowest BCUT2D eigenvalue weighted by Crippen LogP contribution is -2.28. The van der Waals surface area contributed by atoms with Gasteiger partial charge in [-0.3, -0.25) is 8.71 Å². The van der Waals surface area contributed by atoms with Gasteiger partial charge in [0.05, 0.1) is 4.90 Å². The Kier molecular flexibility index (Phi) is 4.52. The zero-order valence-electron chi connectivity index (χ0n) is 17.2. The van der Waals surface area contributed by atoms with Crippen LogP contribution in [0.15, 0.2) is 96.0 Å². The maximum absolute atomic E-state index is 13.5. The van der Waals surface area contributed by atoms with Crippen molar-refractivity contribution in [3.8, 4) is 11.3 Å². The maximum Gasteiger partial charge on any atom is 0.265 e. The smallest absolute Gasteiger partial charge is 0.265 e. The Morgan fingerprint density at radius 1 is 0.839 bits per heavy atom. The molecule has 31 heavy (non-hydrogen) atoms. The Hall–Kier alpha value is -3.64. The molecule has 5 aromatic rings. The minimum atomic E-state index is -3.77. The summed E-state index contributed by atoms with van der Waals surface area (Å²) in [7, 11) is -2.19. The molecule has 5 nitrogen and oxygen atoms in total. The molecule has 3 aromatic carbocycles. The van der Waals surface area contributed by atoms with Crippen LogP contribution in [0.5, 0.6) is 0 Å². The lowest BCUT2D eigenvalue weighted by atomic mass is 10.1. The third-order valence-electron chi connectivity index (χ3n) is 5.51. The first kappa shape index (κ1) is 19.3. The molecule has 0 aliphatic carbocycles. The number of aromatic nitrogens is 2. The Labute approximate surface area is 181 Å². The van der Waals surface area contributed by atoms with Crippen LogP contribution in [0.1, 0.15) is 5.56 Å². The molecule has 0 atom stereocenters. The summed E-state index contributed by atoms with van der Waals surface area (Å²) >= 11 is 0. The minimum Gasteiger partial charge on any atom is -0.285 e. The van der Waals surface area contributed by atoms with Crippen LogP contribution in [0.4, 0.5) is 5.82 Å². The van der Waals surface area contributed by atoms with Crippen LogP contribution in [-0.2, 0) is 10.0 Å². The van der Waals surface area contributed by atoms with Crippen molar-refractivity contribution >= 4 is 32.3 Å². The number of pyridine rings is 1. The van der Waals surface area contributed by atoms with E-state index in [9.17, 15) is 8.42 Å². The largest absolute Gasteiger partial charge is 0.285 e. The molecule has 2 aromatic heterocycles. The van der Waals surface area contributed by atoms with Crippen LogP contribution >= 0.6 is 0 Å². The van der Waals surface area contributed by atoms with Crippen LogP contribution in [0.25, 0.3) is 27.7 Å². The van der Waals surface area contributed by atoms with Crippen molar-refractivity contribution in [2.45, 2.75) is 11.8 Å². The number of imidazole rings is 1. The molecule has 6 heteroatoms. The number of rotatable bonds is 4. The molecule has 0 spiro atoms. The Morgan fingerprint density at radius 3 is 2.32 bits per heavy atom. The standard InChI is InChI=1S/C25H21N3O2S/c1-18-10-14-22(15-11-18)31(29,30)27(2)25-24(26-23-9-5-6-16-28(23)25)21-13-12-19-7-3-4-8-20(19)17-21/h3-17H,1-2H3. The van der Waals surface area contributed by atoms with Crippen molar-refractivity contribution in [2.24, 2.45) is 0 Å². The van der Waals surface area contributed by atoms with Gasteiger partial charge in [-0.25, -0.2) is 13.4 Å². The molecule has 0 aliphatic rings. The van der Waals surface area contributed by atoms with Gasteiger partial charge in [0.25, 0.3) is 10.0 Å². The topological polar surface area (TPSA) is 54.7 Å². The van der Waals surface area contributed by atoms with Gasteiger partial charge in [-0.1, -0.05) is 60.2 Å². The van der Waals surface area contributed by atoms with Crippen molar-refractivity contribution in [2.75, 3.05) is 11.4 Å². The first-order valence-electron chi connectivity index (χ1n) is 9.97. The van der Waals surface area contributed by atoms with E-state index in [-0.39, 0.29) is 4.90 Å². The molecule has 0 unspecified atom stereocenters. The number of aryl methyl sites for hydroxylation is 1. The monoisotopic (exact) mass is 427 g/mol. The molecule has 154 valence electrons. The number of benzene rings is 3. The summed E-state index contributed by atoms with van der Waals surface area (Å²) in [6.45, 7) is 1.93. The van der Waals surface area contributed by atoms with E-state index in [4.69, 9.17) is 4.98 Å². The highest BCUT2D eigenvalue weighted by Gasteiger charge is 2.27. The van der Waals surface area contributed by atoms with Gasteiger partial charge in [0.1, 0.15) is 11.3 Å². The molecule has 0 bridgehead atoms. The lowest BCUT2D eigenvalue weighted by Gasteiger charge is -2.20. The van der Waals surface area contributed by atoms with Crippen LogP contribution < -0.4 is 4.31 Å². The molecule has 0 fully saturated rings. The number of anilines is 1. The van der Waals surface area contributed by atoms with Gasteiger partial charge in [0.2, 0.25) is 0 Å². The predicted molar refractivity (Wildman–Crippen MR) is 125 cm³/mol. The Bertz CT molecular complexity index is 1520. The highest BCUT2D eigenvalue weighted by atomic mass is 32.2. The zero-order chi connectivity index (χ0) is 21.6. The molecule has 0 aliphatic heterocycles. The number of fused-ring (bicyclic) bond motifs is 2. The molecule has 0 amide bonds. The average Bonchev–Trinajstić information content (AvgIpc) is 3.18. The van der Waals surface area contributed by atoms with Gasteiger partial charge in [0, 0.05) is 18.8 Å². The van der Waals surface area contributed by atoms with E-state index in [1.54, 1.807) is 31.3 Å². The highest BCUT2D eigenvalue weighted by molar-refractivity contribution is 7.92. The van der Waals surface area contributed by atoms with E-state index in [1.165, 1.54) is 4.31 Å². The van der Waals surface area contributed by atoms with Crippen molar-refractivity contribution in [1.82, 2.24) is 9.38 Å². The van der Waals surface area contributed by atoms with Gasteiger partial charge in [-0.05, 0) is 48.0 Å². The quantitative estimate of drug-likeness (QED) is 0.392. The van der Waals surface area contributed by atoms with Gasteiger partial charge in [-0.15, -0.1) is 0 Å². The first-order valence-corrected chi connectivity index (χ1v) is 11.4. The van der Waals surface area contributed by atoms with Crippen molar-refractivity contribution in [3.05, 3.63) is 96.7 Å². The third-order valence-corrected chi connectivity index (χ3v) is 7.27. The van der Waals surface area contributed by atoms with Crippen molar-refractivity contribution in [1.29, 1.82) is 0 Å². The van der Waals surface area contributed by atoms with Gasteiger partial charge >= 0.3 is 0 Å². The lowest BCUT2D eigenvalue weighted by molar-refractivity contribution is 0.594. The normalized spacial score (nSPS) is 11.8. The molecule has 0 saturated heterocycles. The predicted octanol–water partition coefficient (Wildman–Crippen LogP) is 5.29. The number of hydrogen-bond donors (Lipinski definition) is 0. The molecular weight excluding hydrogens is 406 g/mol. The first-order chi connectivity index (χ1) is 14.9. The maximum atomic E-state index is 13.5. The fraction of sp³-hybridized carbons (Fsp3) is 0.0800. The second-order valence-electron chi connectivity index (χ2n) is 7.56. The average molecular weight is 428 g/mol. The summed E-state index contributed by atoms with van der Waals surface area (Å²) in [6, 6.07) is 26.7. The second-order valence-corrected chi connectivity index (χ2v) is 9.53. The van der Waals surface area contributed by atoms with Gasteiger partial charge < -0.3 is 0 Å². The van der Waals surface area contributed by atoms with Crippen LogP contribution in [-0.4, -0.2) is 24.9 Å². The van der Waals surface area contributed by atoms with Gasteiger partial charge in [-0.2, -0.15) is 0 Å².